The van der Waals surface area contributed by atoms with Gasteiger partial charge in [0.05, 0.1) is 23.2 Å². The van der Waals surface area contributed by atoms with Crippen LogP contribution in [0.4, 0.5) is 10.5 Å². The Bertz CT molecular complexity index is 1090. The van der Waals surface area contributed by atoms with Crippen LogP contribution >= 0.6 is 0 Å². The highest BCUT2D eigenvalue weighted by Crippen LogP contribution is 2.31. The van der Waals surface area contributed by atoms with E-state index in [-0.39, 0.29) is 25.0 Å². The molecule has 1 aromatic carbocycles. The molecule has 2 heterocycles. The Morgan fingerprint density at radius 3 is 2.15 bits per heavy atom. The predicted octanol–water partition coefficient (Wildman–Crippen LogP) is 2.32. The van der Waals surface area contributed by atoms with Crippen LogP contribution in [-0.2, 0) is 16.1 Å². The number of rotatable bonds is 5. The van der Waals surface area contributed by atoms with Crippen LogP contribution in [0.25, 0.3) is 10.9 Å². The Morgan fingerprint density at radius 2 is 1.62 bits per heavy atom. The van der Waals surface area contributed by atoms with Crippen LogP contribution in [0.15, 0.2) is 18.3 Å². The van der Waals surface area contributed by atoms with E-state index < -0.39 is 17.0 Å². The minimum atomic E-state index is -1.03. The molecular formula is C24H35N5O5. The maximum Gasteiger partial charge on any atom is 0.412 e. The van der Waals surface area contributed by atoms with E-state index in [1.165, 1.54) is 4.90 Å². The molecule has 1 fully saturated rings. The summed E-state index contributed by atoms with van der Waals surface area (Å²) in [5.74, 6) is -0.211. The summed E-state index contributed by atoms with van der Waals surface area (Å²) in [6, 6.07) is 3.63. The zero-order valence-electron chi connectivity index (χ0n) is 20.8. The lowest BCUT2D eigenvalue weighted by Gasteiger charge is -2.38. The number of carbonyl (C=O) groups excluding carboxylic acids is 2. The number of hydrogen-bond acceptors (Lipinski definition) is 5. The first kappa shape index (κ1) is 25.5. The number of hydrogen-bond donors (Lipinski definition) is 2. The van der Waals surface area contributed by atoms with Gasteiger partial charge in [0.1, 0.15) is 6.54 Å². The van der Waals surface area contributed by atoms with E-state index in [2.05, 4.69) is 5.10 Å². The molecule has 0 saturated carbocycles. The zero-order valence-corrected chi connectivity index (χ0v) is 20.8. The number of nitrogens with zero attached hydrogens (tertiary/aromatic N) is 5. The number of amides is 3. The second-order valence-corrected chi connectivity index (χ2v) is 10.5. The summed E-state index contributed by atoms with van der Waals surface area (Å²) in [7, 11) is 0. The Balaban J connectivity index is 1.72. The summed E-state index contributed by atoms with van der Waals surface area (Å²) < 4.78 is 1.57. The number of anilines is 1. The second-order valence-electron chi connectivity index (χ2n) is 10.5. The monoisotopic (exact) mass is 473 g/mol. The number of benzene rings is 1. The number of carbonyl (C=O) groups is 3. The second kappa shape index (κ2) is 9.25. The van der Waals surface area contributed by atoms with Crippen LogP contribution in [0.2, 0.25) is 0 Å². The van der Waals surface area contributed by atoms with Crippen molar-refractivity contribution in [3.8, 4) is 0 Å². The summed E-state index contributed by atoms with van der Waals surface area (Å²) >= 11 is 0. The van der Waals surface area contributed by atoms with Crippen LogP contribution in [0.5, 0.6) is 0 Å². The molecule has 186 valence electrons. The van der Waals surface area contributed by atoms with Crippen molar-refractivity contribution in [2.75, 3.05) is 37.7 Å². The van der Waals surface area contributed by atoms with Crippen LogP contribution in [0, 0.1) is 12.3 Å². The molecule has 3 rings (SSSR count). The maximum absolute atomic E-state index is 12.9. The van der Waals surface area contributed by atoms with Crippen molar-refractivity contribution in [3.63, 3.8) is 0 Å². The molecule has 2 N–H and O–H groups in total. The third-order valence-electron chi connectivity index (χ3n) is 6.16. The molecule has 0 unspecified atom stereocenters. The molecule has 1 saturated heterocycles. The van der Waals surface area contributed by atoms with E-state index in [1.807, 2.05) is 33.8 Å². The number of carboxylic acid groups (broad SMARTS) is 1. The predicted molar refractivity (Wildman–Crippen MR) is 129 cm³/mol. The van der Waals surface area contributed by atoms with Crippen LogP contribution in [0.3, 0.4) is 0 Å². The Morgan fingerprint density at radius 1 is 1.03 bits per heavy atom. The standard InChI is InChI=1S/C24H35N5O5/c1-16-11-18-17(12-19(16)29(22(33)34)23(2,3)4)13-28(25-18)14-20(31)26-7-9-27(10-8-26)21(32)24(5,6)15-30/h11-13,30H,7-10,14-15H2,1-6H3,(H,33,34). The van der Waals surface area contributed by atoms with Crippen LogP contribution in [-0.4, -0.2) is 86.0 Å². The van der Waals surface area contributed by atoms with Crippen LogP contribution in [0.1, 0.15) is 40.2 Å². The van der Waals surface area contributed by atoms with E-state index >= 15 is 0 Å². The fourth-order valence-electron chi connectivity index (χ4n) is 4.18. The highest BCUT2D eigenvalue weighted by molar-refractivity contribution is 5.93. The quantitative estimate of drug-likeness (QED) is 0.688. The molecule has 0 atom stereocenters. The molecule has 0 spiro atoms. The van der Waals surface area contributed by atoms with Gasteiger partial charge in [0, 0.05) is 43.3 Å². The molecule has 34 heavy (non-hydrogen) atoms. The van der Waals surface area contributed by atoms with Crippen molar-refractivity contribution >= 4 is 34.5 Å². The average Bonchev–Trinajstić information content (AvgIpc) is 3.13. The van der Waals surface area contributed by atoms with Gasteiger partial charge in [-0.25, -0.2) is 4.79 Å². The Hall–Kier alpha value is -3.14. The lowest BCUT2D eigenvalue weighted by atomic mass is 9.92. The molecular weight excluding hydrogens is 438 g/mol. The highest BCUT2D eigenvalue weighted by atomic mass is 16.4. The summed E-state index contributed by atoms with van der Waals surface area (Å²) in [6.07, 6.45) is 0.722. The van der Waals surface area contributed by atoms with Gasteiger partial charge in [-0.2, -0.15) is 5.10 Å². The van der Waals surface area contributed by atoms with Crippen molar-refractivity contribution in [1.82, 2.24) is 19.6 Å². The van der Waals surface area contributed by atoms with Gasteiger partial charge >= 0.3 is 6.09 Å². The topological polar surface area (TPSA) is 119 Å². The van der Waals surface area contributed by atoms with Gasteiger partial charge in [-0.3, -0.25) is 19.2 Å². The molecule has 1 aliphatic rings. The minimum absolute atomic E-state index is 0.0566. The number of aryl methyl sites for hydroxylation is 1. The van der Waals surface area contributed by atoms with Crippen molar-refractivity contribution in [2.45, 2.75) is 53.6 Å². The largest absolute Gasteiger partial charge is 0.465 e. The molecule has 10 heteroatoms. The third kappa shape index (κ3) is 5.16. The fraction of sp³-hybridized carbons (Fsp3) is 0.583. The van der Waals surface area contributed by atoms with E-state index in [9.17, 15) is 24.6 Å². The number of fused-ring (bicyclic) bond motifs is 1. The summed E-state index contributed by atoms with van der Waals surface area (Å²) in [5, 5.41) is 24.5. The van der Waals surface area contributed by atoms with Gasteiger partial charge in [-0.1, -0.05) is 0 Å². The van der Waals surface area contributed by atoms with Gasteiger partial charge < -0.3 is 20.0 Å². The average molecular weight is 474 g/mol. The highest BCUT2D eigenvalue weighted by Gasteiger charge is 2.34. The number of aliphatic hydroxyl groups is 1. The summed E-state index contributed by atoms with van der Waals surface area (Å²) in [4.78, 5) is 42.1. The first-order valence-electron chi connectivity index (χ1n) is 11.4. The van der Waals surface area contributed by atoms with E-state index in [1.54, 1.807) is 40.6 Å². The fourth-order valence-corrected chi connectivity index (χ4v) is 4.18. The van der Waals surface area contributed by atoms with Crippen molar-refractivity contribution < 1.29 is 24.6 Å². The number of aromatic nitrogens is 2. The van der Waals surface area contributed by atoms with Crippen LogP contribution < -0.4 is 4.90 Å². The van der Waals surface area contributed by atoms with E-state index in [4.69, 9.17) is 0 Å². The number of aliphatic hydroxyl groups excluding tert-OH is 1. The smallest absolute Gasteiger partial charge is 0.412 e. The third-order valence-corrected chi connectivity index (χ3v) is 6.16. The lowest BCUT2D eigenvalue weighted by molar-refractivity contribution is -0.147. The molecule has 0 radical (unpaired) electrons. The minimum Gasteiger partial charge on any atom is -0.465 e. The summed E-state index contributed by atoms with van der Waals surface area (Å²) in [6.45, 7) is 12.3. The molecule has 10 nitrogen and oxygen atoms in total. The lowest BCUT2D eigenvalue weighted by Crippen LogP contribution is -2.54. The molecule has 2 aromatic rings. The number of piperazine rings is 1. The molecule has 3 amide bonds. The molecule has 1 aromatic heterocycles. The summed E-state index contributed by atoms with van der Waals surface area (Å²) in [5.41, 5.74) is 0.612. The van der Waals surface area contributed by atoms with Crippen molar-refractivity contribution in [3.05, 3.63) is 23.9 Å². The first-order valence-corrected chi connectivity index (χ1v) is 11.4. The first-order chi connectivity index (χ1) is 15.7. The normalized spacial score (nSPS) is 15.0. The van der Waals surface area contributed by atoms with Crippen molar-refractivity contribution in [1.29, 1.82) is 0 Å². The SMILES string of the molecule is Cc1cc2nn(CC(=O)N3CCN(C(=O)C(C)(C)CO)CC3)cc2cc1N(C(=O)O)C(C)(C)C. The Labute approximate surface area is 199 Å². The van der Waals surface area contributed by atoms with Gasteiger partial charge in [-0.15, -0.1) is 0 Å². The van der Waals surface area contributed by atoms with Gasteiger partial charge in [-0.05, 0) is 59.2 Å². The van der Waals surface area contributed by atoms with Gasteiger partial charge in [0.15, 0.2) is 0 Å². The van der Waals surface area contributed by atoms with Crippen molar-refractivity contribution in [2.24, 2.45) is 5.41 Å². The van der Waals surface area contributed by atoms with Gasteiger partial charge in [0.2, 0.25) is 11.8 Å². The van der Waals surface area contributed by atoms with E-state index in [0.717, 1.165) is 10.9 Å². The van der Waals surface area contributed by atoms with Gasteiger partial charge in [0.25, 0.3) is 0 Å². The molecule has 0 bridgehead atoms. The zero-order chi connectivity index (χ0) is 25.4. The molecule has 1 aliphatic heterocycles. The Kier molecular flexibility index (Phi) is 6.93. The van der Waals surface area contributed by atoms with E-state index in [0.29, 0.717) is 37.4 Å². The molecule has 0 aliphatic carbocycles. The maximum atomic E-state index is 12.9.